The molecule has 0 unspecified atom stereocenters. The number of carbonyl (C=O) groups is 1. The van der Waals surface area contributed by atoms with Crippen LogP contribution >= 0.6 is 23.2 Å². The van der Waals surface area contributed by atoms with Crippen LogP contribution in [0, 0.1) is 0 Å². The van der Waals surface area contributed by atoms with E-state index < -0.39 is 0 Å². The Labute approximate surface area is 132 Å². The molecule has 2 aromatic rings. The third-order valence-corrected chi connectivity index (χ3v) is 3.04. The number of nitrogens with two attached hydrogens (primary N) is 1. The van der Waals surface area contributed by atoms with E-state index in [4.69, 9.17) is 33.7 Å². The molecule has 0 saturated carbocycles. The second kappa shape index (κ2) is 7.20. The van der Waals surface area contributed by atoms with Gasteiger partial charge in [0.15, 0.2) is 0 Å². The summed E-state index contributed by atoms with van der Waals surface area (Å²) in [6, 6.07) is 11.9. The molecule has 0 radical (unpaired) electrons. The molecule has 0 atom stereocenters. The SMILES string of the molecule is Nc1cccc(OCCC(=O)Nc2cc(Cl)cc(Cl)c2)c1. The Morgan fingerprint density at radius 3 is 2.52 bits per heavy atom. The van der Waals surface area contributed by atoms with Crippen molar-refractivity contribution in [2.75, 3.05) is 17.7 Å². The van der Waals surface area contributed by atoms with Crippen LogP contribution in [-0.4, -0.2) is 12.5 Å². The molecule has 0 aliphatic carbocycles. The van der Waals surface area contributed by atoms with Gasteiger partial charge in [-0.25, -0.2) is 0 Å². The van der Waals surface area contributed by atoms with Gasteiger partial charge in [-0.1, -0.05) is 29.3 Å². The second-order valence-electron chi connectivity index (χ2n) is 4.38. The Morgan fingerprint density at radius 2 is 1.86 bits per heavy atom. The maximum Gasteiger partial charge on any atom is 0.227 e. The minimum Gasteiger partial charge on any atom is -0.493 e. The van der Waals surface area contributed by atoms with Gasteiger partial charge in [0.1, 0.15) is 5.75 Å². The van der Waals surface area contributed by atoms with E-state index in [0.29, 0.717) is 27.2 Å². The summed E-state index contributed by atoms with van der Waals surface area (Å²) in [5.74, 6) is 0.450. The molecule has 0 aliphatic rings. The molecule has 2 aromatic carbocycles. The monoisotopic (exact) mass is 324 g/mol. The fourth-order valence-electron chi connectivity index (χ4n) is 1.72. The van der Waals surface area contributed by atoms with Gasteiger partial charge in [0.25, 0.3) is 0 Å². The van der Waals surface area contributed by atoms with Crippen molar-refractivity contribution in [2.45, 2.75) is 6.42 Å². The molecule has 0 saturated heterocycles. The number of ether oxygens (including phenoxy) is 1. The molecular weight excluding hydrogens is 311 g/mol. The minimum atomic E-state index is -0.183. The topological polar surface area (TPSA) is 64.3 Å². The lowest BCUT2D eigenvalue weighted by Gasteiger charge is -2.08. The third-order valence-electron chi connectivity index (χ3n) is 2.60. The van der Waals surface area contributed by atoms with E-state index in [2.05, 4.69) is 5.32 Å². The van der Waals surface area contributed by atoms with E-state index >= 15 is 0 Å². The Balaban J connectivity index is 1.82. The maximum absolute atomic E-state index is 11.8. The molecule has 0 bridgehead atoms. The summed E-state index contributed by atoms with van der Waals surface area (Å²) in [5.41, 5.74) is 6.81. The fraction of sp³-hybridized carbons (Fsp3) is 0.133. The molecule has 6 heteroatoms. The molecule has 21 heavy (non-hydrogen) atoms. The predicted octanol–water partition coefficient (Wildman–Crippen LogP) is 3.98. The summed E-state index contributed by atoms with van der Waals surface area (Å²) < 4.78 is 5.45. The lowest BCUT2D eigenvalue weighted by molar-refractivity contribution is -0.116. The smallest absolute Gasteiger partial charge is 0.227 e. The lowest BCUT2D eigenvalue weighted by Crippen LogP contribution is -2.15. The normalized spacial score (nSPS) is 10.2. The summed E-state index contributed by atoms with van der Waals surface area (Å²) in [7, 11) is 0. The molecule has 0 aromatic heterocycles. The van der Waals surface area contributed by atoms with Gasteiger partial charge in [-0.3, -0.25) is 4.79 Å². The van der Waals surface area contributed by atoms with Gasteiger partial charge in [-0.05, 0) is 30.3 Å². The summed E-state index contributed by atoms with van der Waals surface area (Å²) >= 11 is 11.7. The number of hydrogen-bond acceptors (Lipinski definition) is 3. The first-order valence-corrected chi connectivity index (χ1v) is 7.03. The number of hydrogen-bond donors (Lipinski definition) is 2. The highest BCUT2D eigenvalue weighted by Crippen LogP contribution is 2.22. The molecule has 0 aliphatic heterocycles. The van der Waals surface area contributed by atoms with Crippen LogP contribution in [0.15, 0.2) is 42.5 Å². The first-order valence-electron chi connectivity index (χ1n) is 6.27. The largest absolute Gasteiger partial charge is 0.493 e. The van der Waals surface area contributed by atoms with Crippen LogP contribution in [0.3, 0.4) is 0 Å². The summed E-state index contributed by atoms with van der Waals surface area (Å²) in [6.07, 6.45) is 0.207. The summed E-state index contributed by atoms with van der Waals surface area (Å²) in [5, 5.41) is 3.64. The van der Waals surface area contributed by atoms with E-state index in [1.54, 1.807) is 42.5 Å². The Kier molecular flexibility index (Phi) is 5.31. The highest BCUT2D eigenvalue weighted by Gasteiger charge is 2.05. The Morgan fingerprint density at radius 1 is 1.14 bits per heavy atom. The van der Waals surface area contributed by atoms with Gasteiger partial charge in [0, 0.05) is 27.5 Å². The maximum atomic E-state index is 11.8. The van der Waals surface area contributed by atoms with E-state index in [1.165, 1.54) is 0 Å². The van der Waals surface area contributed by atoms with Gasteiger partial charge >= 0.3 is 0 Å². The van der Waals surface area contributed by atoms with Crippen molar-refractivity contribution >= 4 is 40.5 Å². The zero-order valence-electron chi connectivity index (χ0n) is 11.1. The van der Waals surface area contributed by atoms with Crippen LogP contribution in [0.4, 0.5) is 11.4 Å². The van der Waals surface area contributed by atoms with Crippen molar-refractivity contribution in [1.29, 1.82) is 0 Å². The van der Waals surface area contributed by atoms with Gasteiger partial charge in [0.05, 0.1) is 13.0 Å². The van der Waals surface area contributed by atoms with Crippen molar-refractivity contribution in [3.05, 3.63) is 52.5 Å². The van der Waals surface area contributed by atoms with Crippen molar-refractivity contribution < 1.29 is 9.53 Å². The molecule has 0 heterocycles. The highest BCUT2D eigenvalue weighted by molar-refractivity contribution is 6.35. The van der Waals surface area contributed by atoms with Crippen LogP contribution in [0.5, 0.6) is 5.75 Å². The van der Waals surface area contributed by atoms with Gasteiger partial charge in [0.2, 0.25) is 5.91 Å². The molecule has 0 fully saturated rings. The summed E-state index contributed by atoms with van der Waals surface area (Å²) in [6.45, 7) is 0.254. The Hall–Kier alpha value is -1.91. The van der Waals surface area contributed by atoms with Crippen molar-refractivity contribution in [3.63, 3.8) is 0 Å². The number of carbonyl (C=O) groups excluding carboxylic acids is 1. The van der Waals surface area contributed by atoms with E-state index in [-0.39, 0.29) is 18.9 Å². The lowest BCUT2D eigenvalue weighted by atomic mass is 10.3. The van der Waals surface area contributed by atoms with Crippen molar-refractivity contribution in [3.8, 4) is 5.75 Å². The van der Waals surface area contributed by atoms with Crippen molar-refractivity contribution in [1.82, 2.24) is 0 Å². The first-order chi connectivity index (χ1) is 10.0. The number of halogens is 2. The molecule has 3 N–H and O–H groups in total. The van der Waals surface area contributed by atoms with Gasteiger partial charge < -0.3 is 15.8 Å². The minimum absolute atomic E-state index is 0.183. The van der Waals surface area contributed by atoms with Crippen LogP contribution in [-0.2, 0) is 4.79 Å². The number of anilines is 2. The zero-order chi connectivity index (χ0) is 15.2. The molecule has 0 spiro atoms. The molecule has 4 nitrogen and oxygen atoms in total. The standard InChI is InChI=1S/C15H14Cl2N2O2/c16-10-6-11(17)8-13(7-10)19-15(20)4-5-21-14-3-1-2-12(18)9-14/h1-3,6-9H,4-5,18H2,(H,19,20). The quantitative estimate of drug-likeness (QED) is 0.817. The highest BCUT2D eigenvalue weighted by atomic mass is 35.5. The van der Waals surface area contributed by atoms with Crippen LogP contribution < -0.4 is 15.8 Å². The average Bonchev–Trinajstić information content (AvgIpc) is 2.37. The first kappa shape index (κ1) is 15.5. The van der Waals surface area contributed by atoms with Gasteiger partial charge in [-0.2, -0.15) is 0 Å². The predicted molar refractivity (Wildman–Crippen MR) is 86.1 cm³/mol. The number of amides is 1. The number of rotatable bonds is 5. The number of nitrogens with one attached hydrogen (secondary N) is 1. The number of nitrogen functional groups attached to an aromatic ring is 1. The Bertz CT molecular complexity index is 627. The van der Waals surface area contributed by atoms with E-state index in [1.807, 2.05) is 0 Å². The zero-order valence-corrected chi connectivity index (χ0v) is 12.6. The van der Waals surface area contributed by atoms with E-state index in [0.717, 1.165) is 0 Å². The molecule has 2 rings (SSSR count). The molecule has 1 amide bonds. The summed E-state index contributed by atoms with van der Waals surface area (Å²) in [4.78, 5) is 11.8. The van der Waals surface area contributed by atoms with Crippen molar-refractivity contribution in [2.24, 2.45) is 0 Å². The van der Waals surface area contributed by atoms with E-state index in [9.17, 15) is 4.79 Å². The van der Waals surface area contributed by atoms with Crippen LogP contribution in [0.1, 0.15) is 6.42 Å². The van der Waals surface area contributed by atoms with Crippen LogP contribution in [0.2, 0.25) is 10.0 Å². The average molecular weight is 325 g/mol. The number of benzene rings is 2. The second-order valence-corrected chi connectivity index (χ2v) is 5.25. The van der Waals surface area contributed by atoms with Crippen LogP contribution in [0.25, 0.3) is 0 Å². The third kappa shape index (κ3) is 5.17. The van der Waals surface area contributed by atoms with Gasteiger partial charge in [-0.15, -0.1) is 0 Å². The molecule has 110 valence electrons. The molecular formula is C15H14Cl2N2O2. The fourth-order valence-corrected chi connectivity index (χ4v) is 2.24.